The molecule has 0 heterocycles. The number of phosphoric ester groups is 1. The third-order valence-corrected chi connectivity index (χ3v) is 11.3. The van der Waals surface area contributed by atoms with Crippen molar-refractivity contribution in [3.8, 4) is 0 Å². The van der Waals surface area contributed by atoms with Gasteiger partial charge in [-0.1, -0.05) is 200 Å². The molecule has 55 heavy (non-hydrogen) atoms. The Morgan fingerprint density at radius 1 is 0.491 bits per heavy atom. The van der Waals surface area contributed by atoms with Gasteiger partial charge in [-0.3, -0.25) is 14.2 Å². The standard InChI is InChI=1S/C45H90NO8P/c1-6-8-10-12-14-16-18-19-20-21-22-23-24-25-26-28-29-31-33-35-37-44(47)51-41-43(42-53-55(49,50)52-40-39-46(3,4)5)54-45(48)38-36-34-32-30-27-17-15-13-11-9-7-2/h43H,6-42H2,1-5H3/t43-/m1/s1. The van der Waals surface area contributed by atoms with Gasteiger partial charge in [0.25, 0.3) is 7.82 Å². The number of rotatable bonds is 43. The third kappa shape index (κ3) is 42.4. The predicted octanol–water partition coefficient (Wildman–Crippen LogP) is 12.6. The number of nitrogens with zero attached hydrogens (tertiary/aromatic N) is 1. The number of ether oxygens (including phenoxy) is 2. The van der Waals surface area contributed by atoms with Crippen LogP contribution in [0.1, 0.15) is 226 Å². The first-order valence-electron chi connectivity index (χ1n) is 23.2. The van der Waals surface area contributed by atoms with Crippen LogP contribution in [0.5, 0.6) is 0 Å². The van der Waals surface area contributed by atoms with Gasteiger partial charge in [0.1, 0.15) is 19.8 Å². The Kier molecular flexibility index (Phi) is 37.8. The fourth-order valence-electron chi connectivity index (χ4n) is 6.72. The molecule has 0 rings (SSSR count). The maximum absolute atomic E-state index is 12.6. The molecule has 10 heteroatoms. The fourth-order valence-corrected chi connectivity index (χ4v) is 7.44. The van der Waals surface area contributed by atoms with Gasteiger partial charge in [-0.2, -0.15) is 0 Å². The van der Waals surface area contributed by atoms with Crippen molar-refractivity contribution >= 4 is 19.8 Å². The molecule has 0 aliphatic rings. The number of carbonyl (C=O) groups excluding carboxylic acids is 2. The van der Waals surface area contributed by atoms with Crippen LogP contribution in [0.3, 0.4) is 0 Å². The summed E-state index contributed by atoms with van der Waals surface area (Å²) < 4.78 is 33.9. The summed E-state index contributed by atoms with van der Waals surface area (Å²) in [6.45, 7) is 4.26. The second kappa shape index (κ2) is 38.5. The average Bonchev–Trinajstić information content (AvgIpc) is 3.13. The minimum atomic E-state index is -4.61. The minimum absolute atomic E-state index is 0.0257. The van der Waals surface area contributed by atoms with E-state index in [9.17, 15) is 19.0 Å². The van der Waals surface area contributed by atoms with Gasteiger partial charge >= 0.3 is 11.9 Å². The zero-order chi connectivity index (χ0) is 40.7. The Morgan fingerprint density at radius 2 is 0.818 bits per heavy atom. The molecule has 0 bridgehead atoms. The number of unbranched alkanes of at least 4 members (excludes halogenated alkanes) is 29. The summed E-state index contributed by atoms with van der Waals surface area (Å²) in [5.41, 5.74) is 0. The van der Waals surface area contributed by atoms with Crippen molar-refractivity contribution in [2.45, 2.75) is 232 Å². The zero-order valence-electron chi connectivity index (χ0n) is 36.9. The molecular weight excluding hydrogens is 713 g/mol. The molecule has 0 radical (unpaired) electrons. The molecule has 0 aromatic carbocycles. The lowest BCUT2D eigenvalue weighted by Gasteiger charge is -2.28. The van der Waals surface area contributed by atoms with Gasteiger partial charge in [0.05, 0.1) is 27.7 Å². The molecule has 0 aromatic rings. The second-order valence-corrected chi connectivity index (χ2v) is 18.5. The number of carbonyl (C=O) groups is 2. The van der Waals surface area contributed by atoms with Crippen molar-refractivity contribution in [2.75, 3.05) is 47.5 Å². The van der Waals surface area contributed by atoms with E-state index in [1.165, 1.54) is 161 Å². The fraction of sp³-hybridized carbons (Fsp3) is 0.956. The van der Waals surface area contributed by atoms with E-state index in [1.807, 2.05) is 21.1 Å². The van der Waals surface area contributed by atoms with Gasteiger partial charge < -0.3 is 27.9 Å². The molecule has 0 saturated carbocycles. The molecule has 0 aliphatic carbocycles. The molecule has 0 saturated heterocycles. The van der Waals surface area contributed by atoms with Crippen LogP contribution in [-0.4, -0.2) is 70.0 Å². The molecule has 0 amide bonds. The lowest BCUT2D eigenvalue weighted by Crippen LogP contribution is -2.37. The van der Waals surface area contributed by atoms with Crippen molar-refractivity contribution < 1.29 is 42.1 Å². The van der Waals surface area contributed by atoms with Crippen LogP contribution in [0.4, 0.5) is 0 Å². The normalized spacial score (nSPS) is 13.5. The van der Waals surface area contributed by atoms with E-state index in [4.69, 9.17) is 18.5 Å². The maximum Gasteiger partial charge on any atom is 0.306 e. The number of esters is 2. The lowest BCUT2D eigenvalue weighted by atomic mass is 10.0. The summed E-state index contributed by atoms with van der Waals surface area (Å²) in [5.74, 6) is -0.820. The predicted molar refractivity (Wildman–Crippen MR) is 227 cm³/mol. The Bertz CT molecular complexity index is 912. The van der Waals surface area contributed by atoms with Crippen molar-refractivity contribution in [3.63, 3.8) is 0 Å². The molecule has 0 aromatic heterocycles. The maximum atomic E-state index is 12.6. The van der Waals surface area contributed by atoms with Crippen LogP contribution in [0.15, 0.2) is 0 Å². The molecule has 0 fully saturated rings. The first-order valence-corrected chi connectivity index (χ1v) is 24.7. The summed E-state index contributed by atoms with van der Waals surface area (Å²) in [4.78, 5) is 37.5. The Morgan fingerprint density at radius 3 is 1.16 bits per heavy atom. The lowest BCUT2D eigenvalue weighted by molar-refractivity contribution is -0.870. The molecule has 0 N–H and O–H groups in total. The number of phosphoric acid groups is 1. The van der Waals surface area contributed by atoms with Crippen LogP contribution in [-0.2, 0) is 32.7 Å². The summed E-state index contributed by atoms with van der Waals surface area (Å²) in [7, 11) is 1.18. The first-order chi connectivity index (χ1) is 26.5. The van der Waals surface area contributed by atoms with Gasteiger partial charge in [-0.05, 0) is 12.8 Å². The summed E-state index contributed by atoms with van der Waals surface area (Å²) >= 11 is 0. The second-order valence-electron chi connectivity index (χ2n) is 17.1. The third-order valence-electron chi connectivity index (χ3n) is 10.4. The summed E-state index contributed by atoms with van der Waals surface area (Å²) in [6, 6.07) is 0. The highest BCUT2D eigenvalue weighted by molar-refractivity contribution is 7.45. The van der Waals surface area contributed by atoms with Crippen molar-refractivity contribution in [2.24, 2.45) is 0 Å². The van der Waals surface area contributed by atoms with Crippen LogP contribution in [0.2, 0.25) is 0 Å². The van der Waals surface area contributed by atoms with E-state index < -0.39 is 26.5 Å². The van der Waals surface area contributed by atoms with Gasteiger partial charge in [0, 0.05) is 12.8 Å². The monoisotopic (exact) mass is 804 g/mol. The Labute approximate surface area is 340 Å². The van der Waals surface area contributed by atoms with Crippen molar-refractivity contribution in [1.82, 2.24) is 0 Å². The van der Waals surface area contributed by atoms with Crippen LogP contribution in [0.25, 0.3) is 0 Å². The molecule has 1 unspecified atom stereocenters. The van der Waals surface area contributed by atoms with Crippen LogP contribution < -0.4 is 4.89 Å². The summed E-state index contributed by atoms with van der Waals surface area (Å²) in [5, 5.41) is 0. The molecular formula is C45H90NO8P. The average molecular weight is 804 g/mol. The number of quaternary nitrogens is 1. The zero-order valence-corrected chi connectivity index (χ0v) is 37.8. The molecule has 9 nitrogen and oxygen atoms in total. The van der Waals surface area contributed by atoms with Crippen molar-refractivity contribution in [1.29, 1.82) is 0 Å². The Balaban J connectivity index is 4.19. The van der Waals surface area contributed by atoms with Crippen molar-refractivity contribution in [3.05, 3.63) is 0 Å². The highest BCUT2D eigenvalue weighted by Crippen LogP contribution is 2.38. The number of likely N-dealkylation sites (N-methyl/N-ethyl adjacent to an activating group) is 1. The van der Waals surface area contributed by atoms with Gasteiger partial charge in [0.2, 0.25) is 0 Å². The van der Waals surface area contributed by atoms with Gasteiger partial charge in [0.15, 0.2) is 6.10 Å². The highest BCUT2D eigenvalue weighted by atomic mass is 31.2. The number of hydrogen-bond acceptors (Lipinski definition) is 8. The minimum Gasteiger partial charge on any atom is -0.756 e. The van der Waals surface area contributed by atoms with Crippen LogP contribution >= 0.6 is 7.82 Å². The van der Waals surface area contributed by atoms with E-state index in [0.717, 1.165) is 32.1 Å². The topological polar surface area (TPSA) is 111 Å². The van der Waals surface area contributed by atoms with E-state index >= 15 is 0 Å². The number of hydrogen-bond donors (Lipinski definition) is 0. The molecule has 2 atom stereocenters. The molecule has 0 aliphatic heterocycles. The quantitative estimate of drug-likeness (QED) is 0.0259. The molecule has 328 valence electrons. The van der Waals surface area contributed by atoms with E-state index in [-0.39, 0.29) is 32.0 Å². The van der Waals surface area contributed by atoms with E-state index in [1.54, 1.807) is 0 Å². The molecule has 0 spiro atoms. The Hall–Kier alpha value is -0.990. The first kappa shape index (κ1) is 54.0. The van der Waals surface area contributed by atoms with E-state index in [2.05, 4.69) is 13.8 Å². The summed E-state index contributed by atoms with van der Waals surface area (Å²) in [6.07, 6.45) is 38.5. The smallest absolute Gasteiger partial charge is 0.306 e. The van der Waals surface area contributed by atoms with Gasteiger partial charge in [-0.25, -0.2) is 0 Å². The SMILES string of the molecule is CCCCCCCCCCCCCCCCCCCCCCC(=O)OC[C@H](COP(=O)([O-])OCC[N+](C)(C)C)OC(=O)CCCCCCCCCCCCC. The van der Waals surface area contributed by atoms with Gasteiger partial charge in [-0.15, -0.1) is 0 Å². The van der Waals surface area contributed by atoms with E-state index in [0.29, 0.717) is 17.4 Å². The highest BCUT2D eigenvalue weighted by Gasteiger charge is 2.21. The van der Waals surface area contributed by atoms with Crippen LogP contribution in [0, 0.1) is 0 Å². The largest absolute Gasteiger partial charge is 0.756 e.